The van der Waals surface area contributed by atoms with Gasteiger partial charge in [0.05, 0.1) is 11.0 Å². The Bertz CT molecular complexity index is 818. The van der Waals surface area contributed by atoms with E-state index in [9.17, 15) is 13.6 Å². The molecule has 1 heterocycles. The van der Waals surface area contributed by atoms with Crippen LogP contribution in [-0.4, -0.2) is 15.8 Å². The molecular formula is C15H8F2N2O. The summed E-state index contributed by atoms with van der Waals surface area (Å²) in [5.74, 6) is -2.42. The Morgan fingerprint density at radius 3 is 2.20 bits per heavy atom. The van der Waals surface area contributed by atoms with Crippen molar-refractivity contribution in [3.05, 3.63) is 71.6 Å². The highest BCUT2D eigenvalue weighted by atomic mass is 19.2. The highest BCUT2D eigenvalue weighted by Gasteiger charge is 2.12. The van der Waals surface area contributed by atoms with E-state index >= 15 is 0 Å². The van der Waals surface area contributed by atoms with Crippen LogP contribution in [0.4, 0.5) is 8.78 Å². The van der Waals surface area contributed by atoms with Crippen LogP contribution in [0.2, 0.25) is 0 Å². The fourth-order valence-electron chi connectivity index (χ4n) is 1.91. The lowest BCUT2D eigenvalue weighted by molar-refractivity contribution is 0.103. The molecular weight excluding hydrogens is 262 g/mol. The van der Waals surface area contributed by atoms with Gasteiger partial charge < -0.3 is 0 Å². The lowest BCUT2D eigenvalue weighted by Gasteiger charge is -2.03. The summed E-state index contributed by atoms with van der Waals surface area (Å²) in [6, 6.07) is 7.89. The Labute approximate surface area is 112 Å². The molecule has 0 N–H and O–H groups in total. The number of ketones is 1. The number of fused-ring (bicyclic) bond motifs is 1. The minimum absolute atomic E-state index is 0.0899. The lowest BCUT2D eigenvalue weighted by atomic mass is 10.0. The lowest BCUT2D eigenvalue weighted by Crippen LogP contribution is -2.03. The van der Waals surface area contributed by atoms with Crippen LogP contribution in [0, 0.1) is 11.6 Å². The van der Waals surface area contributed by atoms with Crippen molar-refractivity contribution in [3.8, 4) is 0 Å². The molecule has 0 aliphatic carbocycles. The van der Waals surface area contributed by atoms with Crippen LogP contribution in [0.25, 0.3) is 11.0 Å². The Morgan fingerprint density at radius 2 is 1.45 bits per heavy atom. The van der Waals surface area contributed by atoms with Crippen LogP contribution < -0.4 is 0 Å². The zero-order valence-electron chi connectivity index (χ0n) is 10.2. The van der Waals surface area contributed by atoms with Gasteiger partial charge in [-0.15, -0.1) is 0 Å². The average Bonchev–Trinajstić information content (AvgIpc) is 2.49. The predicted molar refractivity (Wildman–Crippen MR) is 69.3 cm³/mol. The molecule has 0 unspecified atom stereocenters. The SMILES string of the molecule is O=C(c1ccc(F)c(F)c1)c1ccc2nccnc2c1. The molecule has 5 heteroatoms. The highest BCUT2D eigenvalue weighted by Crippen LogP contribution is 2.16. The monoisotopic (exact) mass is 270 g/mol. The molecule has 20 heavy (non-hydrogen) atoms. The van der Waals surface area contributed by atoms with Crippen LogP contribution in [0.15, 0.2) is 48.8 Å². The summed E-state index contributed by atoms with van der Waals surface area (Å²) in [7, 11) is 0. The smallest absolute Gasteiger partial charge is 0.193 e. The Hall–Kier alpha value is -2.69. The number of hydrogen-bond donors (Lipinski definition) is 0. The Balaban J connectivity index is 2.05. The van der Waals surface area contributed by atoms with Crippen molar-refractivity contribution < 1.29 is 13.6 Å². The van der Waals surface area contributed by atoms with Gasteiger partial charge in [-0.3, -0.25) is 14.8 Å². The third kappa shape index (κ3) is 2.14. The van der Waals surface area contributed by atoms with Gasteiger partial charge in [-0.25, -0.2) is 8.78 Å². The van der Waals surface area contributed by atoms with Gasteiger partial charge in [-0.1, -0.05) is 0 Å². The molecule has 2 aromatic carbocycles. The normalized spacial score (nSPS) is 10.7. The minimum Gasteiger partial charge on any atom is -0.289 e. The van der Waals surface area contributed by atoms with E-state index < -0.39 is 17.4 Å². The van der Waals surface area contributed by atoms with Crippen molar-refractivity contribution in [2.24, 2.45) is 0 Å². The third-order valence-electron chi connectivity index (χ3n) is 2.91. The highest BCUT2D eigenvalue weighted by molar-refractivity contribution is 6.10. The van der Waals surface area contributed by atoms with Gasteiger partial charge in [0, 0.05) is 23.5 Å². The van der Waals surface area contributed by atoms with E-state index in [0.717, 1.165) is 12.1 Å². The number of rotatable bonds is 2. The molecule has 0 bridgehead atoms. The molecule has 1 aromatic heterocycles. The molecule has 0 spiro atoms. The van der Waals surface area contributed by atoms with E-state index in [2.05, 4.69) is 9.97 Å². The van der Waals surface area contributed by atoms with Crippen molar-refractivity contribution in [1.29, 1.82) is 0 Å². The first-order chi connectivity index (χ1) is 9.65. The van der Waals surface area contributed by atoms with Gasteiger partial charge in [0.2, 0.25) is 0 Å². The van der Waals surface area contributed by atoms with Gasteiger partial charge in [-0.2, -0.15) is 0 Å². The Morgan fingerprint density at radius 1 is 0.800 bits per heavy atom. The molecule has 0 saturated carbocycles. The molecule has 0 saturated heterocycles. The average molecular weight is 270 g/mol. The molecule has 0 radical (unpaired) electrons. The fraction of sp³-hybridized carbons (Fsp3) is 0. The number of carbonyl (C=O) groups is 1. The number of carbonyl (C=O) groups excluding carboxylic acids is 1. The molecule has 0 fully saturated rings. The van der Waals surface area contributed by atoms with Crippen LogP contribution in [0.1, 0.15) is 15.9 Å². The van der Waals surface area contributed by atoms with Crippen LogP contribution in [-0.2, 0) is 0 Å². The molecule has 3 rings (SSSR count). The van der Waals surface area contributed by atoms with E-state index in [0.29, 0.717) is 16.6 Å². The first kappa shape index (κ1) is 12.3. The maximum atomic E-state index is 13.2. The molecule has 98 valence electrons. The van der Waals surface area contributed by atoms with Crippen molar-refractivity contribution in [2.75, 3.05) is 0 Å². The zero-order chi connectivity index (χ0) is 14.1. The maximum Gasteiger partial charge on any atom is 0.193 e. The van der Waals surface area contributed by atoms with E-state index in [1.165, 1.54) is 12.3 Å². The topological polar surface area (TPSA) is 42.9 Å². The standard InChI is InChI=1S/C15H8F2N2O/c16-11-3-1-9(7-12(11)17)15(20)10-2-4-13-14(8-10)19-6-5-18-13/h1-8H. The summed E-state index contributed by atoms with van der Waals surface area (Å²) in [5.41, 5.74) is 1.67. The summed E-state index contributed by atoms with van der Waals surface area (Å²) in [5, 5.41) is 0. The molecule has 3 nitrogen and oxygen atoms in total. The van der Waals surface area contributed by atoms with Gasteiger partial charge in [0.25, 0.3) is 0 Å². The zero-order valence-corrected chi connectivity index (χ0v) is 10.2. The molecule has 3 aromatic rings. The number of nitrogens with zero attached hydrogens (tertiary/aromatic N) is 2. The molecule has 0 aliphatic rings. The van der Waals surface area contributed by atoms with Crippen molar-refractivity contribution >= 4 is 16.8 Å². The van der Waals surface area contributed by atoms with Gasteiger partial charge in [0.1, 0.15) is 0 Å². The number of benzene rings is 2. The van der Waals surface area contributed by atoms with Gasteiger partial charge in [-0.05, 0) is 36.4 Å². The maximum absolute atomic E-state index is 13.2. The van der Waals surface area contributed by atoms with E-state index in [4.69, 9.17) is 0 Å². The largest absolute Gasteiger partial charge is 0.289 e. The van der Waals surface area contributed by atoms with E-state index in [1.54, 1.807) is 24.4 Å². The minimum atomic E-state index is -1.04. The molecule has 0 aliphatic heterocycles. The first-order valence-electron chi connectivity index (χ1n) is 5.86. The van der Waals surface area contributed by atoms with Crippen molar-refractivity contribution in [1.82, 2.24) is 9.97 Å². The van der Waals surface area contributed by atoms with E-state index in [1.807, 2.05) is 0 Å². The van der Waals surface area contributed by atoms with Crippen LogP contribution in [0.5, 0.6) is 0 Å². The molecule has 0 amide bonds. The molecule has 0 atom stereocenters. The second-order valence-electron chi connectivity index (χ2n) is 4.22. The van der Waals surface area contributed by atoms with Gasteiger partial charge in [0.15, 0.2) is 17.4 Å². The number of aromatic nitrogens is 2. The van der Waals surface area contributed by atoms with E-state index in [-0.39, 0.29) is 5.56 Å². The summed E-state index contributed by atoms with van der Waals surface area (Å²) >= 11 is 0. The summed E-state index contributed by atoms with van der Waals surface area (Å²) < 4.78 is 26.0. The van der Waals surface area contributed by atoms with Gasteiger partial charge >= 0.3 is 0 Å². The number of hydrogen-bond acceptors (Lipinski definition) is 3. The predicted octanol–water partition coefficient (Wildman–Crippen LogP) is 3.14. The quantitative estimate of drug-likeness (QED) is 0.672. The summed E-state index contributed by atoms with van der Waals surface area (Å²) in [6.45, 7) is 0. The third-order valence-corrected chi connectivity index (χ3v) is 2.91. The summed E-state index contributed by atoms with van der Waals surface area (Å²) in [4.78, 5) is 20.4. The van der Waals surface area contributed by atoms with Crippen molar-refractivity contribution in [2.45, 2.75) is 0 Å². The van der Waals surface area contributed by atoms with Crippen LogP contribution in [0.3, 0.4) is 0 Å². The summed E-state index contributed by atoms with van der Waals surface area (Å²) in [6.07, 6.45) is 3.08. The van der Waals surface area contributed by atoms with Crippen molar-refractivity contribution in [3.63, 3.8) is 0 Å². The fourth-order valence-corrected chi connectivity index (χ4v) is 1.91. The Kier molecular flexibility index (Phi) is 2.95. The second-order valence-corrected chi connectivity index (χ2v) is 4.22. The first-order valence-corrected chi connectivity index (χ1v) is 5.86. The van der Waals surface area contributed by atoms with Crippen LogP contribution >= 0.6 is 0 Å². The number of halogens is 2. The second kappa shape index (κ2) is 4.77.